The smallest absolute Gasteiger partial charge is 0.192 e. The Hall–Kier alpha value is 0.0538. The average molecular weight is 526 g/mol. The van der Waals surface area contributed by atoms with Crippen LogP contribution in [-0.2, 0) is 8.85 Å². The minimum absolute atomic E-state index is 0.230. The van der Waals surface area contributed by atoms with Crippen molar-refractivity contribution < 1.29 is 8.85 Å². The Morgan fingerprint density at radius 2 is 1.34 bits per heavy atom. The molecule has 0 unspecified atom stereocenters. The van der Waals surface area contributed by atoms with E-state index >= 15 is 0 Å². The fourth-order valence-electron chi connectivity index (χ4n) is 4.21. The zero-order chi connectivity index (χ0) is 26.8. The molecule has 1 rings (SSSR count). The lowest BCUT2D eigenvalue weighted by molar-refractivity contribution is 0.0604. The summed E-state index contributed by atoms with van der Waals surface area (Å²) in [5, 5.41) is 4.44. The Morgan fingerprint density at radius 1 is 0.771 bits per heavy atom. The van der Waals surface area contributed by atoms with Crippen molar-refractivity contribution in [3.8, 4) is 0 Å². The van der Waals surface area contributed by atoms with E-state index in [9.17, 15) is 0 Å². The Bertz CT molecular complexity index is 604. The molecule has 208 valence electrons. The molecule has 1 heterocycles. The predicted octanol–water partition coefficient (Wildman–Crippen LogP) is 9.61. The van der Waals surface area contributed by atoms with Crippen LogP contribution in [0.5, 0.6) is 0 Å². The minimum atomic E-state index is -1.82. The van der Waals surface area contributed by atoms with Crippen LogP contribution in [0.25, 0.3) is 0 Å². The second-order valence-electron chi connectivity index (χ2n) is 14.2. The van der Waals surface area contributed by atoms with Crippen LogP contribution in [0.3, 0.4) is 0 Å². The molecule has 0 aromatic rings. The van der Waals surface area contributed by atoms with Crippen LogP contribution in [0, 0.1) is 0 Å². The van der Waals surface area contributed by atoms with Gasteiger partial charge in [0, 0.05) is 6.04 Å². The number of rotatable bonds is 15. The van der Waals surface area contributed by atoms with Gasteiger partial charge in [0.1, 0.15) is 0 Å². The van der Waals surface area contributed by atoms with E-state index in [-0.39, 0.29) is 22.2 Å². The average Bonchev–Trinajstić information content (AvgIpc) is 2.73. The van der Waals surface area contributed by atoms with Gasteiger partial charge < -0.3 is 14.2 Å². The normalized spacial score (nSPS) is 22.8. The lowest BCUT2D eigenvalue weighted by atomic mass is 9.94. The molecule has 0 aliphatic carbocycles. The van der Waals surface area contributed by atoms with Crippen LogP contribution in [0.2, 0.25) is 36.3 Å². The zero-order valence-corrected chi connectivity index (χ0v) is 27.7. The summed E-state index contributed by atoms with van der Waals surface area (Å²) >= 11 is 0. The molecule has 0 radical (unpaired) electrons. The first-order valence-electron chi connectivity index (χ1n) is 14.8. The summed E-state index contributed by atoms with van der Waals surface area (Å²) in [4.78, 5) is 0. The van der Waals surface area contributed by atoms with E-state index in [1.54, 1.807) is 0 Å². The quantitative estimate of drug-likeness (QED) is 0.131. The summed E-state index contributed by atoms with van der Waals surface area (Å²) in [5.74, 6) is 0. The molecule has 0 spiro atoms. The van der Waals surface area contributed by atoms with Crippen LogP contribution < -0.4 is 5.32 Å². The standard InChI is InChI=1S/C30H63NO2Si2/c1-12-13-14-15-16-17-18-19-20-21-22-26-23-24-28(33-35(10,11)30(5,6)7)27(31-26)25-32-34(8,9)29(2,3)4/h20-21,26-28,31H,12-19,22-25H2,1-11H3/t26-,27+,28-/m0/s1. The van der Waals surface area contributed by atoms with E-state index < -0.39 is 16.6 Å². The first-order chi connectivity index (χ1) is 16.1. The number of piperidine rings is 1. The van der Waals surface area contributed by atoms with Crippen molar-refractivity contribution in [2.24, 2.45) is 0 Å². The van der Waals surface area contributed by atoms with Crippen molar-refractivity contribution in [1.29, 1.82) is 0 Å². The number of unbranched alkanes of at least 4 members (excludes halogenated alkanes) is 7. The molecule has 1 aliphatic heterocycles. The molecule has 0 amide bonds. The summed E-state index contributed by atoms with van der Waals surface area (Å²) in [7, 11) is -3.61. The molecular weight excluding hydrogens is 463 g/mol. The van der Waals surface area contributed by atoms with Crippen LogP contribution in [-0.4, -0.2) is 41.4 Å². The van der Waals surface area contributed by atoms with E-state index in [0.717, 1.165) is 19.4 Å². The summed E-state index contributed by atoms with van der Waals surface area (Å²) in [5.41, 5.74) is 0. The number of hydrogen-bond donors (Lipinski definition) is 1. The third-order valence-corrected chi connectivity index (χ3v) is 17.9. The molecule has 0 bridgehead atoms. The topological polar surface area (TPSA) is 30.5 Å². The van der Waals surface area contributed by atoms with Gasteiger partial charge in [0.2, 0.25) is 0 Å². The highest BCUT2D eigenvalue weighted by Gasteiger charge is 2.43. The van der Waals surface area contributed by atoms with Gasteiger partial charge >= 0.3 is 0 Å². The molecule has 1 saturated heterocycles. The highest BCUT2D eigenvalue weighted by molar-refractivity contribution is 6.74. The molecule has 0 aromatic carbocycles. The Balaban J connectivity index is 2.64. The van der Waals surface area contributed by atoms with Crippen molar-refractivity contribution in [2.75, 3.05) is 6.61 Å². The van der Waals surface area contributed by atoms with E-state index in [0.29, 0.717) is 6.04 Å². The fourth-order valence-corrected chi connectivity index (χ4v) is 6.63. The van der Waals surface area contributed by atoms with Crippen LogP contribution >= 0.6 is 0 Å². The van der Waals surface area contributed by atoms with E-state index in [1.165, 1.54) is 57.8 Å². The molecule has 3 atom stereocenters. The van der Waals surface area contributed by atoms with E-state index in [2.05, 4.69) is 92.1 Å². The highest BCUT2D eigenvalue weighted by Crippen LogP contribution is 2.40. The molecule has 35 heavy (non-hydrogen) atoms. The summed E-state index contributed by atoms with van der Waals surface area (Å²) in [6.45, 7) is 26.6. The largest absolute Gasteiger partial charge is 0.415 e. The van der Waals surface area contributed by atoms with Gasteiger partial charge in [0.05, 0.1) is 18.8 Å². The van der Waals surface area contributed by atoms with E-state index in [1.807, 2.05) is 0 Å². The van der Waals surface area contributed by atoms with Crippen molar-refractivity contribution in [2.45, 2.75) is 174 Å². The molecule has 1 fully saturated rings. The second kappa shape index (κ2) is 14.9. The SMILES string of the molecule is CCCCCCCCCC=CC[C@H]1CC[C@H](O[Si](C)(C)C(C)(C)C)[C@@H](CO[Si](C)(C)C(C)(C)C)N1. The van der Waals surface area contributed by atoms with Gasteiger partial charge in [-0.3, -0.25) is 0 Å². The summed E-state index contributed by atoms with van der Waals surface area (Å²) in [6.07, 6.45) is 19.5. The third kappa shape index (κ3) is 12.0. The number of nitrogens with one attached hydrogen (secondary N) is 1. The molecule has 5 heteroatoms. The van der Waals surface area contributed by atoms with Gasteiger partial charge in [0.25, 0.3) is 0 Å². The molecular formula is C30H63NO2Si2. The third-order valence-electron chi connectivity index (χ3n) is 8.94. The maximum absolute atomic E-state index is 6.95. The van der Waals surface area contributed by atoms with Crippen molar-refractivity contribution in [1.82, 2.24) is 5.32 Å². The van der Waals surface area contributed by atoms with Crippen LogP contribution in [0.4, 0.5) is 0 Å². The lowest BCUT2D eigenvalue weighted by Gasteiger charge is -2.46. The molecule has 1 N–H and O–H groups in total. The Kier molecular flexibility index (Phi) is 14.0. The molecule has 3 nitrogen and oxygen atoms in total. The molecule has 0 aromatic heterocycles. The van der Waals surface area contributed by atoms with E-state index in [4.69, 9.17) is 8.85 Å². The maximum atomic E-state index is 6.95. The van der Waals surface area contributed by atoms with Gasteiger partial charge in [-0.2, -0.15) is 0 Å². The molecule has 0 saturated carbocycles. The van der Waals surface area contributed by atoms with Crippen LogP contribution in [0.1, 0.15) is 119 Å². The zero-order valence-electron chi connectivity index (χ0n) is 25.7. The summed E-state index contributed by atoms with van der Waals surface area (Å²) < 4.78 is 13.7. The van der Waals surface area contributed by atoms with Gasteiger partial charge in [-0.25, -0.2) is 0 Å². The number of hydrogen-bond acceptors (Lipinski definition) is 3. The minimum Gasteiger partial charge on any atom is -0.415 e. The molecule has 1 aliphatic rings. The van der Waals surface area contributed by atoms with Gasteiger partial charge in [0.15, 0.2) is 16.6 Å². The first kappa shape index (κ1) is 33.1. The van der Waals surface area contributed by atoms with Crippen molar-refractivity contribution >= 4 is 16.6 Å². The Labute approximate surface area is 222 Å². The first-order valence-corrected chi connectivity index (χ1v) is 20.6. The summed E-state index contributed by atoms with van der Waals surface area (Å²) in [6, 6.07) is 0.820. The van der Waals surface area contributed by atoms with Crippen LogP contribution in [0.15, 0.2) is 12.2 Å². The lowest BCUT2D eigenvalue weighted by Crippen LogP contribution is -2.58. The second-order valence-corrected chi connectivity index (χ2v) is 23.7. The fraction of sp³-hybridized carbons (Fsp3) is 0.933. The highest BCUT2D eigenvalue weighted by atomic mass is 28.4. The maximum Gasteiger partial charge on any atom is 0.192 e. The van der Waals surface area contributed by atoms with Gasteiger partial charge in [-0.05, 0) is 68.4 Å². The van der Waals surface area contributed by atoms with Gasteiger partial charge in [-0.1, -0.05) is 99.1 Å². The number of allylic oxidation sites excluding steroid dienone is 1. The van der Waals surface area contributed by atoms with Gasteiger partial charge in [-0.15, -0.1) is 0 Å². The Morgan fingerprint density at radius 3 is 1.91 bits per heavy atom. The predicted molar refractivity (Wildman–Crippen MR) is 162 cm³/mol. The van der Waals surface area contributed by atoms with Crippen molar-refractivity contribution in [3.05, 3.63) is 12.2 Å². The van der Waals surface area contributed by atoms with Crippen molar-refractivity contribution in [3.63, 3.8) is 0 Å². The monoisotopic (exact) mass is 525 g/mol.